The molecule has 1 N–H and O–H groups in total. The Morgan fingerprint density at radius 3 is 3.15 bits per heavy atom. The topological polar surface area (TPSA) is 12.0 Å². The van der Waals surface area contributed by atoms with E-state index in [4.69, 9.17) is 0 Å². The largest absolute Gasteiger partial charge is 0.312 e. The van der Waals surface area contributed by atoms with E-state index < -0.39 is 0 Å². The first-order chi connectivity index (χ1) is 6.31. The van der Waals surface area contributed by atoms with E-state index in [1.54, 1.807) is 6.07 Å². The molecule has 0 saturated heterocycles. The van der Waals surface area contributed by atoms with Gasteiger partial charge in [-0.1, -0.05) is 6.07 Å². The SMILES string of the molecule is CNC1CSCc2ccc(F)cc21. The zero-order valence-electron chi connectivity index (χ0n) is 7.51. The van der Waals surface area contributed by atoms with Crippen LogP contribution >= 0.6 is 11.8 Å². The first kappa shape index (κ1) is 9.03. The Morgan fingerprint density at radius 1 is 1.54 bits per heavy atom. The van der Waals surface area contributed by atoms with E-state index in [2.05, 4.69) is 5.32 Å². The predicted molar refractivity (Wildman–Crippen MR) is 54.4 cm³/mol. The molecule has 0 saturated carbocycles. The molecule has 0 bridgehead atoms. The molecule has 3 heteroatoms. The molecule has 0 spiro atoms. The Morgan fingerprint density at radius 2 is 2.38 bits per heavy atom. The number of hydrogen-bond acceptors (Lipinski definition) is 2. The van der Waals surface area contributed by atoms with Gasteiger partial charge in [-0.25, -0.2) is 4.39 Å². The second kappa shape index (κ2) is 3.68. The fourth-order valence-electron chi connectivity index (χ4n) is 1.64. The van der Waals surface area contributed by atoms with Gasteiger partial charge in [-0.15, -0.1) is 0 Å². The van der Waals surface area contributed by atoms with Gasteiger partial charge in [0.15, 0.2) is 0 Å². The van der Waals surface area contributed by atoms with Gasteiger partial charge in [0.1, 0.15) is 5.82 Å². The van der Waals surface area contributed by atoms with Gasteiger partial charge in [0.2, 0.25) is 0 Å². The molecule has 0 aliphatic carbocycles. The van der Waals surface area contributed by atoms with E-state index in [9.17, 15) is 4.39 Å². The third kappa shape index (κ3) is 1.71. The molecule has 1 aliphatic heterocycles. The molecule has 1 nitrogen and oxygen atoms in total. The van der Waals surface area contributed by atoms with E-state index in [0.717, 1.165) is 17.1 Å². The highest BCUT2D eigenvalue weighted by Gasteiger charge is 2.18. The fraction of sp³-hybridized carbons (Fsp3) is 0.400. The van der Waals surface area contributed by atoms with Crippen molar-refractivity contribution in [2.45, 2.75) is 11.8 Å². The predicted octanol–water partition coefficient (Wildman–Crippen LogP) is 2.33. The van der Waals surface area contributed by atoms with Gasteiger partial charge in [-0.2, -0.15) is 11.8 Å². The summed E-state index contributed by atoms with van der Waals surface area (Å²) in [5.74, 6) is 1.91. The highest BCUT2D eigenvalue weighted by molar-refractivity contribution is 7.98. The Balaban J connectivity index is 2.41. The summed E-state index contributed by atoms with van der Waals surface area (Å²) in [5, 5.41) is 3.20. The smallest absolute Gasteiger partial charge is 0.123 e. The quantitative estimate of drug-likeness (QED) is 0.741. The lowest BCUT2D eigenvalue weighted by Gasteiger charge is -2.24. The maximum atomic E-state index is 13.0. The molecule has 70 valence electrons. The summed E-state index contributed by atoms with van der Waals surface area (Å²) in [4.78, 5) is 0. The zero-order valence-corrected chi connectivity index (χ0v) is 8.33. The van der Waals surface area contributed by atoms with Crippen LogP contribution in [-0.2, 0) is 5.75 Å². The highest BCUT2D eigenvalue weighted by atomic mass is 32.2. The fourth-order valence-corrected chi connectivity index (χ4v) is 2.82. The van der Waals surface area contributed by atoms with Crippen LogP contribution < -0.4 is 5.32 Å². The molecule has 13 heavy (non-hydrogen) atoms. The molecule has 1 aromatic carbocycles. The Kier molecular flexibility index (Phi) is 2.56. The van der Waals surface area contributed by atoms with E-state index in [0.29, 0.717) is 6.04 Å². The molecule has 1 aromatic rings. The first-order valence-electron chi connectivity index (χ1n) is 4.34. The Bertz CT molecular complexity index is 314. The summed E-state index contributed by atoms with van der Waals surface area (Å²) in [6.07, 6.45) is 0. The number of rotatable bonds is 1. The van der Waals surface area contributed by atoms with Crippen LogP contribution in [0.1, 0.15) is 17.2 Å². The number of nitrogens with one attached hydrogen (secondary N) is 1. The maximum absolute atomic E-state index is 13.0. The van der Waals surface area contributed by atoms with E-state index in [1.807, 2.05) is 24.9 Å². The highest BCUT2D eigenvalue weighted by Crippen LogP contribution is 2.31. The van der Waals surface area contributed by atoms with Crippen LogP contribution in [0.4, 0.5) is 4.39 Å². The van der Waals surface area contributed by atoms with Crippen molar-refractivity contribution in [3.8, 4) is 0 Å². The molecular weight excluding hydrogens is 185 g/mol. The number of hydrogen-bond donors (Lipinski definition) is 1. The van der Waals surface area contributed by atoms with Gasteiger partial charge in [0.25, 0.3) is 0 Å². The molecule has 0 aromatic heterocycles. The van der Waals surface area contributed by atoms with Crippen LogP contribution in [0, 0.1) is 5.82 Å². The normalized spacial score (nSPS) is 21.2. The molecule has 0 amide bonds. The lowest BCUT2D eigenvalue weighted by molar-refractivity contribution is 0.606. The van der Waals surface area contributed by atoms with Crippen LogP contribution in [0.3, 0.4) is 0 Å². The van der Waals surface area contributed by atoms with Gasteiger partial charge in [0, 0.05) is 17.5 Å². The van der Waals surface area contributed by atoms with Gasteiger partial charge in [-0.05, 0) is 30.3 Å². The Labute approximate surface area is 81.7 Å². The zero-order chi connectivity index (χ0) is 9.26. The lowest BCUT2D eigenvalue weighted by Crippen LogP contribution is -2.23. The van der Waals surface area contributed by atoms with Gasteiger partial charge in [-0.3, -0.25) is 0 Å². The second-order valence-corrected chi connectivity index (χ2v) is 4.23. The Hall–Kier alpha value is -0.540. The van der Waals surface area contributed by atoms with Crippen molar-refractivity contribution in [1.29, 1.82) is 0 Å². The van der Waals surface area contributed by atoms with Crippen molar-refractivity contribution >= 4 is 11.8 Å². The summed E-state index contributed by atoms with van der Waals surface area (Å²) in [5.41, 5.74) is 2.39. The minimum atomic E-state index is -0.133. The molecule has 2 rings (SSSR count). The van der Waals surface area contributed by atoms with E-state index in [1.165, 1.54) is 11.6 Å². The minimum absolute atomic E-state index is 0.133. The average molecular weight is 197 g/mol. The van der Waals surface area contributed by atoms with Crippen molar-refractivity contribution in [3.63, 3.8) is 0 Å². The third-order valence-electron chi connectivity index (χ3n) is 2.37. The number of halogens is 1. The maximum Gasteiger partial charge on any atom is 0.123 e. The molecule has 1 heterocycles. The first-order valence-corrected chi connectivity index (χ1v) is 5.50. The number of fused-ring (bicyclic) bond motifs is 1. The van der Waals surface area contributed by atoms with E-state index in [-0.39, 0.29) is 5.82 Å². The van der Waals surface area contributed by atoms with Crippen LogP contribution in [0.15, 0.2) is 18.2 Å². The van der Waals surface area contributed by atoms with Crippen molar-refractivity contribution in [2.24, 2.45) is 0 Å². The monoisotopic (exact) mass is 197 g/mol. The van der Waals surface area contributed by atoms with E-state index >= 15 is 0 Å². The molecule has 0 fully saturated rings. The molecule has 1 aliphatic rings. The van der Waals surface area contributed by atoms with Crippen LogP contribution in [0.25, 0.3) is 0 Å². The number of benzene rings is 1. The molecule has 0 radical (unpaired) electrons. The average Bonchev–Trinajstić information content (AvgIpc) is 2.17. The van der Waals surface area contributed by atoms with Gasteiger partial charge >= 0.3 is 0 Å². The summed E-state index contributed by atoms with van der Waals surface area (Å²) in [6, 6.07) is 5.39. The van der Waals surface area contributed by atoms with Crippen LogP contribution in [0.2, 0.25) is 0 Å². The van der Waals surface area contributed by atoms with Gasteiger partial charge in [0.05, 0.1) is 0 Å². The van der Waals surface area contributed by atoms with Crippen molar-refractivity contribution in [1.82, 2.24) is 5.32 Å². The second-order valence-electron chi connectivity index (χ2n) is 3.20. The van der Waals surface area contributed by atoms with Crippen molar-refractivity contribution in [2.75, 3.05) is 12.8 Å². The molecule has 1 unspecified atom stereocenters. The van der Waals surface area contributed by atoms with Gasteiger partial charge < -0.3 is 5.32 Å². The summed E-state index contributed by atoms with van der Waals surface area (Å²) in [7, 11) is 1.92. The third-order valence-corrected chi connectivity index (χ3v) is 3.46. The summed E-state index contributed by atoms with van der Waals surface area (Å²) >= 11 is 1.89. The van der Waals surface area contributed by atoms with Crippen molar-refractivity contribution < 1.29 is 4.39 Å². The van der Waals surface area contributed by atoms with Crippen molar-refractivity contribution in [3.05, 3.63) is 35.1 Å². The minimum Gasteiger partial charge on any atom is -0.312 e. The summed E-state index contributed by atoms with van der Waals surface area (Å²) in [6.45, 7) is 0. The van der Waals surface area contributed by atoms with Crippen LogP contribution in [-0.4, -0.2) is 12.8 Å². The molecule has 1 atom stereocenters. The lowest BCUT2D eigenvalue weighted by atomic mass is 10.0. The summed E-state index contributed by atoms with van der Waals surface area (Å²) < 4.78 is 13.0. The number of thioether (sulfide) groups is 1. The standard InChI is InChI=1S/C10H12FNS/c1-12-10-6-13-5-7-2-3-8(11)4-9(7)10/h2-4,10,12H,5-6H2,1H3. The molecular formula is C10H12FNS. The van der Waals surface area contributed by atoms with Crippen LogP contribution in [0.5, 0.6) is 0 Å².